The van der Waals surface area contributed by atoms with E-state index >= 15 is 0 Å². The van der Waals surface area contributed by atoms with E-state index in [0.717, 1.165) is 13.0 Å². The third kappa shape index (κ3) is 5.68. The predicted molar refractivity (Wildman–Crippen MR) is 83.3 cm³/mol. The van der Waals surface area contributed by atoms with E-state index in [1.165, 1.54) is 43.9 Å². The minimum atomic E-state index is -0.316. The molecule has 4 heteroatoms. The Morgan fingerprint density at radius 2 is 2.19 bits per heavy atom. The van der Waals surface area contributed by atoms with Crippen molar-refractivity contribution in [1.82, 2.24) is 10.6 Å². The van der Waals surface area contributed by atoms with Crippen LogP contribution in [0.5, 0.6) is 0 Å². The number of carbonyl (C=O) groups excluding carboxylic acids is 1. The lowest BCUT2D eigenvalue weighted by Gasteiger charge is -2.15. The van der Waals surface area contributed by atoms with Gasteiger partial charge in [0.15, 0.2) is 0 Å². The van der Waals surface area contributed by atoms with Crippen LogP contribution in [0, 0.1) is 5.82 Å². The Labute approximate surface area is 125 Å². The second kappa shape index (κ2) is 8.57. The summed E-state index contributed by atoms with van der Waals surface area (Å²) in [5.41, 5.74) is 0.429. The number of halogens is 1. The van der Waals surface area contributed by atoms with Crippen molar-refractivity contribution in [2.75, 3.05) is 13.1 Å². The fraction of sp³-hybridized carbons (Fsp3) is 0.471. The minimum absolute atomic E-state index is 0.174. The molecule has 2 N–H and O–H groups in total. The first-order chi connectivity index (χ1) is 10.3. The smallest absolute Gasteiger partial charge is 0.244 e. The van der Waals surface area contributed by atoms with Crippen LogP contribution in [0.2, 0.25) is 0 Å². The van der Waals surface area contributed by atoms with E-state index in [0.29, 0.717) is 18.2 Å². The molecule has 0 bridgehead atoms. The molecule has 114 valence electrons. The summed E-state index contributed by atoms with van der Waals surface area (Å²) in [5.74, 6) is -0.490. The van der Waals surface area contributed by atoms with Crippen molar-refractivity contribution >= 4 is 12.0 Å². The van der Waals surface area contributed by atoms with Gasteiger partial charge in [-0.15, -0.1) is 0 Å². The van der Waals surface area contributed by atoms with Gasteiger partial charge in [-0.2, -0.15) is 0 Å². The van der Waals surface area contributed by atoms with Gasteiger partial charge in [0.2, 0.25) is 5.91 Å². The maximum absolute atomic E-state index is 13.4. The van der Waals surface area contributed by atoms with Crippen molar-refractivity contribution < 1.29 is 9.18 Å². The fourth-order valence-corrected chi connectivity index (χ4v) is 2.55. The number of carbonyl (C=O) groups is 1. The Balaban J connectivity index is 1.71. The molecule has 1 aromatic carbocycles. The lowest BCUT2D eigenvalue weighted by molar-refractivity contribution is -0.116. The molecule has 1 heterocycles. The lowest BCUT2D eigenvalue weighted by Crippen LogP contribution is -2.33. The predicted octanol–water partition coefficient (Wildman–Crippen LogP) is 2.88. The summed E-state index contributed by atoms with van der Waals surface area (Å²) < 4.78 is 13.4. The van der Waals surface area contributed by atoms with Gasteiger partial charge in [0.1, 0.15) is 5.82 Å². The Morgan fingerprint density at radius 3 is 3.05 bits per heavy atom. The Kier molecular flexibility index (Phi) is 6.41. The van der Waals surface area contributed by atoms with Gasteiger partial charge in [-0.3, -0.25) is 4.79 Å². The largest absolute Gasteiger partial charge is 0.352 e. The number of nitrogens with one attached hydrogen (secondary N) is 2. The SMILES string of the molecule is O=C(/C=C/c1ccccc1F)NCCC1CCCCCN1. The molecule has 1 amide bonds. The highest BCUT2D eigenvalue weighted by Gasteiger charge is 2.10. The van der Waals surface area contributed by atoms with Crippen LogP contribution >= 0.6 is 0 Å². The molecule has 1 saturated heterocycles. The van der Waals surface area contributed by atoms with Crippen molar-refractivity contribution in [3.05, 3.63) is 41.7 Å². The van der Waals surface area contributed by atoms with E-state index in [1.807, 2.05) is 0 Å². The van der Waals surface area contributed by atoms with Gasteiger partial charge in [0, 0.05) is 24.2 Å². The van der Waals surface area contributed by atoms with Crippen LogP contribution in [-0.4, -0.2) is 25.0 Å². The van der Waals surface area contributed by atoms with Gasteiger partial charge >= 0.3 is 0 Å². The molecule has 0 saturated carbocycles. The number of rotatable bonds is 5. The van der Waals surface area contributed by atoms with Crippen molar-refractivity contribution in [2.24, 2.45) is 0 Å². The standard InChI is InChI=1S/C17H23FN2O/c18-16-8-4-3-6-14(16)9-10-17(21)20-13-11-15-7-2-1-5-12-19-15/h3-4,6,8-10,15,19H,1-2,5,7,11-13H2,(H,20,21)/b10-9+. The number of hydrogen-bond donors (Lipinski definition) is 2. The van der Waals surface area contributed by atoms with Crippen LogP contribution in [0.3, 0.4) is 0 Å². The first-order valence-corrected chi connectivity index (χ1v) is 7.69. The molecule has 3 nitrogen and oxygen atoms in total. The van der Waals surface area contributed by atoms with Gasteiger partial charge in [0.25, 0.3) is 0 Å². The third-order valence-corrected chi connectivity index (χ3v) is 3.77. The summed E-state index contributed by atoms with van der Waals surface area (Å²) in [4.78, 5) is 11.7. The summed E-state index contributed by atoms with van der Waals surface area (Å²) >= 11 is 0. The van der Waals surface area contributed by atoms with Gasteiger partial charge in [-0.1, -0.05) is 31.0 Å². The van der Waals surface area contributed by atoms with Crippen molar-refractivity contribution in [3.63, 3.8) is 0 Å². The number of hydrogen-bond acceptors (Lipinski definition) is 2. The molecular weight excluding hydrogens is 267 g/mol. The number of benzene rings is 1. The van der Waals surface area contributed by atoms with Gasteiger partial charge in [0.05, 0.1) is 0 Å². The van der Waals surface area contributed by atoms with Crippen molar-refractivity contribution in [1.29, 1.82) is 0 Å². The molecule has 1 atom stereocenters. The lowest BCUT2D eigenvalue weighted by atomic mass is 10.1. The maximum Gasteiger partial charge on any atom is 0.244 e. The van der Waals surface area contributed by atoms with Gasteiger partial charge in [-0.05, 0) is 37.9 Å². The quantitative estimate of drug-likeness (QED) is 0.819. The van der Waals surface area contributed by atoms with Gasteiger partial charge < -0.3 is 10.6 Å². The summed E-state index contributed by atoms with van der Waals surface area (Å²) in [6, 6.07) is 6.91. The second-order valence-corrected chi connectivity index (χ2v) is 5.43. The zero-order chi connectivity index (χ0) is 14.9. The minimum Gasteiger partial charge on any atom is -0.352 e. The number of amides is 1. The highest BCUT2D eigenvalue weighted by atomic mass is 19.1. The van der Waals surface area contributed by atoms with E-state index in [-0.39, 0.29) is 11.7 Å². The topological polar surface area (TPSA) is 41.1 Å². The molecule has 1 aliphatic heterocycles. The average molecular weight is 290 g/mol. The highest BCUT2D eigenvalue weighted by molar-refractivity contribution is 5.91. The van der Waals surface area contributed by atoms with Crippen LogP contribution in [0.15, 0.2) is 30.3 Å². The molecule has 1 unspecified atom stereocenters. The van der Waals surface area contributed by atoms with E-state index in [9.17, 15) is 9.18 Å². The molecule has 0 radical (unpaired) electrons. The van der Waals surface area contributed by atoms with Crippen LogP contribution in [-0.2, 0) is 4.79 Å². The highest BCUT2D eigenvalue weighted by Crippen LogP contribution is 2.10. The molecule has 0 spiro atoms. The monoisotopic (exact) mass is 290 g/mol. The van der Waals surface area contributed by atoms with E-state index < -0.39 is 0 Å². The summed E-state index contributed by atoms with van der Waals surface area (Å²) in [6.07, 6.45) is 8.82. The molecule has 0 aromatic heterocycles. The fourth-order valence-electron chi connectivity index (χ4n) is 2.55. The first kappa shape index (κ1) is 15.7. The Morgan fingerprint density at radius 1 is 1.33 bits per heavy atom. The summed E-state index contributed by atoms with van der Waals surface area (Å²) in [7, 11) is 0. The summed E-state index contributed by atoms with van der Waals surface area (Å²) in [6.45, 7) is 1.73. The summed E-state index contributed by atoms with van der Waals surface area (Å²) in [5, 5.41) is 6.35. The molecule has 1 aromatic rings. The molecule has 1 fully saturated rings. The molecule has 0 aliphatic carbocycles. The zero-order valence-electron chi connectivity index (χ0n) is 12.3. The van der Waals surface area contributed by atoms with Crippen LogP contribution in [0.1, 0.15) is 37.7 Å². The average Bonchev–Trinajstić information content (AvgIpc) is 2.75. The van der Waals surface area contributed by atoms with Crippen molar-refractivity contribution in [2.45, 2.75) is 38.1 Å². The normalized spacial score (nSPS) is 19.4. The van der Waals surface area contributed by atoms with E-state index in [2.05, 4.69) is 10.6 Å². The molecule has 2 rings (SSSR count). The van der Waals surface area contributed by atoms with Crippen LogP contribution in [0.25, 0.3) is 6.08 Å². The van der Waals surface area contributed by atoms with Crippen LogP contribution in [0.4, 0.5) is 4.39 Å². The van der Waals surface area contributed by atoms with E-state index in [4.69, 9.17) is 0 Å². The molecule has 1 aliphatic rings. The second-order valence-electron chi connectivity index (χ2n) is 5.43. The molecule has 21 heavy (non-hydrogen) atoms. The Hall–Kier alpha value is -1.68. The van der Waals surface area contributed by atoms with Gasteiger partial charge in [-0.25, -0.2) is 4.39 Å². The first-order valence-electron chi connectivity index (χ1n) is 7.69. The van der Waals surface area contributed by atoms with Crippen LogP contribution < -0.4 is 10.6 Å². The third-order valence-electron chi connectivity index (χ3n) is 3.77. The zero-order valence-corrected chi connectivity index (χ0v) is 12.3. The van der Waals surface area contributed by atoms with E-state index in [1.54, 1.807) is 18.2 Å². The Bertz CT molecular complexity index is 479. The molecular formula is C17H23FN2O. The maximum atomic E-state index is 13.4. The van der Waals surface area contributed by atoms with Crippen molar-refractivity contribution in [3.8, 4) is 0 Å².